The molecule has 0 bridgehead atoms. The van der Waals surface area contributed by atoms with Crippen LogP contribution in [0, 0.1) is 6.92 Å². The fourth-order valence-corrected chi connectivity index (χ4v) is 2.69. The molecule has 4 nitrogen and oxygen atoms in total. The molecule has 0 aliphatic rings. The van der Waals surface area contributed by atoms with Gasteiger partial charge in [-0.2, -0.15) is 0 Å². The average Bonchev–Trinajstić information content (AvgIpc) is 2.88. The zero-order chi connectivity index (χ0) is 15.9. The minimum atomic E-state index is -0.143. The zero-order valence-electron chi connectivity index (χ0n) is 12.6. The number of anilines is 1. The van der Waals surface area contributed by atoms with Gasteiger partial charge in [0.25, 0.3) is 0 Å². The van der Waals surface area contributed by atoms with Crippen molar-refractivity contribution in [2.75, 3.05) is 5.32 Å². The summed E-state index contributed by atoms with van der Waals surface area (Å²) in [5.74, 6) is -0.258. The van der Waals surface area contributed by atoms with Gasteiger partial charge in [-0.15, -0.1) is 11.3 Å². The van der Waals surface area contributed by atoms with Gasteiger partial charge in [0.15, 0.2) is 0 Å². The number of nitrogens with one attached hydrogen (secondary N) is 2. The van der Waals surface area contributed by atoms with Crippen molar-refractivity contribution in [2.24, 2.45) is 0 Å². The molecule has 0 radical (unpaired) electrons. The van der Waals surface area contributed by atoms with Gasteiger partial charge in [-0.1, -0.05) is 12.1 Å². The predicted octanol–water partition coefficient (Wildman–Crippen LogP) is 3.34. The molecule has 22 heavy (non-hydrogen) atoms. The van der Waals surface area contributed by atoms with Gasteiger partial charge in [0, 0.05) is 35.0 Å². The quantitative estimate of drug-likeness (QED) is 0.832. The van der Waals surface area contributed by atoms with Gasteiger partial charge in [0.05, 0.1) is 0 Å². The molecule has 1 aromatic carbocycles. The second-order valence-corrected chi connectivity index (χ2v) is 6.20. The van der Waals surface area contributed by atoms with E-state index in [1.165, 1.54) is 17.9 Å². The number of thiophene rings is 1. The predicted molar refractivity (Wildman–Crippen MR) is 90.7 cm³/mol. The average molecular weight is 314 g/mol. The maximum absolute atomic E-state index is 11.8. The fourth-order valence-electron chi connectivity index (χ4n) is 1.91. The van der Waals surface area contributed by atoms with E-state index in [-0.39, 0.29) is 11.8 Å². The number of amides is 2. The van der Waals surface area contributed by atoms with Crippen LogP contribution in [0.5, 0.6) is 0 Å². The molecule has 0 saturated carbocycles. The lowest BCUT2D eigenvalue weighted by atomic mass is 10.2. The number of hydrogen-bond donors (Lipinski definition) is 2. The van der Waals surface area contributed by atoms with Crippen molar-refractivity contribution in [3.05, 3.63) is 57.8 Å². The molecule has 0 aliphatic carbocycles. The molecule has 2 rings (SSSR count). The van der Waals surface area contributed by atoms with Crippen LogP contribution in [0.3, 0.4) is 0 Å². The number of benzene rings is 1. The lowest BCUT2D eigenvalue weighted by molar-refractivity contribution is -0.116. The van der Waals surface area contributed by atoms with Gasteiger partial charge < -0.3 is 10.6 Å². The summed E-state index contributed by atoms with van der Waals surface area (Å²) in [5, 5.41) is 5.54. The van der Waals surface area contributed by atoms with Crippen molar-refractivity contribution in [2.45, 2.75) is 20.4 Å². The Labute approximate surface area is 133 Å². The van der Waals surface area contributed by atoms with Crippen LogP contribution in [-0.4, -0.2) is 11.8 Å². The Hall–Kier alpha value is -2.40. The highest BCUT2D eigenvalue weighted by molar-refractivity contribution is 7.12. The van der Waals surface area contributed by atoms with E-state index in [2.05, 4.69) is 10.6 Å². The molecule has 0 fully saturated rings. The van der Waals surface area contributed by atoms with E-state index < -0.39 is 0 Å². The van der Waals surface area contributed by atoms with E-state index in [1.807, 2.05) is 43.3 Å². The van der Waals surface area contributed by atoms with Gasteiger partial charge in [-0.25, -0.2) is 0 Å². The minimum absolute atomic E-state index is 0.115. The monoisotopic (exact) mass is 314 g/mol. The first-order valence-corrected chi connectivity index (χ1v) is 7.73. The minimum Gasteiger partial charge on any atom is -0.348 e. The largest absolute Gasteiger partial charge is 0.348 e. The maximum atomic E-state index is 11.8. The van der Waals surface area contributed by atoms with Crippen molar-refractivity contribution in [1.29, 1.82) is 0 Å². The van der Waals surface area contributed by atoms with Crippen LogP contribution in [0.4, 0.5) is 5.69 Å². The van der Waals surface area contributed by atoms with Crippen LogP contribution < -0.4 is 10.6 Å². The molecule has 0 aliphatic heterocycles. The Bertz CT molecular complexity index is 704. The molecule has 2 aromatic rings. The lowest BCUT2D eigenvalue weighted by Crippen LogP contribution is -2.20. The summed E-state index contributed by atoms with van der Waals surface area (Å²) in [4.78, 5) is 25.1. The van der Waals surface area contributed by atoms with Gasteiger partial charge in [-0.05, 0) is 42.8 Å². The van der Waals surface area contributed by atoms with E-state index in [4.69, 9.17) is 0 Å². The van der Waals surface area contributed by atoms with Crippen molar-refractivity contribution in [1.82, 2.24) is 5.32 Å². The Morgan fingerprint density at radius 3 is 2.73 bits per heavy atom. The Balaban J connectivity index is 1.88. The van der Waals surface area contributed by atoms with Gasteiger partial charge in [-0.3, -0.25) is 9.59 Å². The zero-order valence-corrected chi connectivity index (χ0v) is 13.4. The lowest BCUT2D eigenvalue weighted by Gasteiger charge is -2.06. The van der Waals surface area contributed by atoms with Crippen LogP contribution in [0.25, 0.3) is 6.08 Å². The van der Waals surface area contributed by atoms with E-state index in [1.54, 1.807) is 17.4 Å². The first-order valence-electron chi connectivity index (χ1n) is 6.92. The molecular weight excluding hydrogens is 296 g/mol. The summed E-state index contributed by atoms with van der Waals surface area (Å²) < 4.78 is 0. The van der Waals surface area contributed by atoms with E-state index in [0.717, 1.165) is 16.1 Å². The molecule has 0 atom stereocenters. The molecular formula is C17H18N2O2S. The molecule has 114 valence electrons. The van der Waals surface area contributed by atoms with Crippen molar-refractivity contribution in [3.8, 4) is 0 Å². The second kappa shape index (κ2) is 7.56. The highest BCUT2D eigenvalue weighted by Crippen LogP contribution is 2.16. The van der Waals surface area contributed by atoms with Crippen molar-refractivity contribution >= 4 is 34.9 Å². The van der Waals surface area contributed by atoms with E-state index in [0.29, 0.717) is 6.54 Å². The van der Waals surface area contributed by atoms with Crippen LogP contribution in [-0.2, 0) is 16.1 Å². The first-order chi connectivity index (χ1) is 10.5. The van der Waals surface area contributed by atoms with Crippen molar-refractivity contribution < 1.29 is 9.59 Å². The highest BCUT2D eigenvalue weighted by atomic mass is 32.1. The third-order valence-corrected chi connectivity index (χ3v) is 3.84. The fraction of sp³-hybridized carbons (Fsp3) is 0.176. The molecule has 2 amide bonds. The van der Waals surface area contributed by atoms with Crippen LogP contribution in [0.2, 0.25) is 0 Å². The van der Waals surface area contributed by atoms with Crippen LogP contribution in [0.1, 0.15) is 22.2 Å². The van der Waals surface area contributed by atoms with Gasteiger partial charge in [0.2, 0.25) is 11.8 Å². The summed E-state index contributed by atoms with van der Waals surface area (Å²) in [6.45, 7) is 3.91. The van der Waals surface area contributed by atoms with Crippen LogP contribution >= 0.6 is 11.3 Å². The smallest absolute Gasteiger partial charge is 0.244 e. The van der Waals surface area contributed by atoms with E-state index in [9.17, 15) is 9.59 Å². The molecule has 1 aromatic heterocycles. The summed E-state index contributed by atoms with van der Waals surface area (Å²) in [5.41, 5.74) is 1.66. The third kappa shape index (κ3) is 5.18. The Morgan fingerprint density at radius 1 is 1.23 bits per heavy atom. The van der Waals surface area contributed by atoms with E-state index >= 15 is 0 Å². The molecule has 1 heterocycles. The third-order valence-electron chi connectivity index (χ3n) is 2.87. The Kier molecular flexibility index (Phi) is 5.49. The molecule has 5 heteroatoms. The molecule has 2 N–H and O–H groups in total. The SMILES string of the molecule is CC(=O)Nc1cccc(CNC(=O)C=Cc2ccc(C)s2)c1. The number of rotatable bonds is 5. The maximum Gasteiger partial charge on any atom is 0.244 e. The van der Waals surface area contributed by atoms with Gasteiger partial charge in [0.1, 0.15) is 0 Å². The highest BCUT2D eigenvalue weighted by Gasteiger charge is 2.00. The summed E-state index contributed by atoms with van der Waals surface area (Å²) in [6, 6.07) is 11.4. The summed E-state index contributed by atoms with van der Waals surface area (Å²) >= 11 is 1.64. The molecule has 0 unspecified atom stereocenters. The Morgan fingerprint density at radius 2 is 2.05 bits per heavy atom. The number of hydrogen-bond acceptors (Lipinski definition) is 3. The molecule has 0 spiro atoms. The molecule has 0 saturated heterocycles. The number of carbonyl (C=O) groups excluding carboxylic acids is 2. The standard InChI is InChI=1S/C17H18N2O2S/c1-12-6-7-16(22-12)8-9-17(21)18-11-14-4-3-5-15(10-14)19-13(2)20/h3-10H,11H2,1-2H3,(H,18,21)(H,19,20). The number of aryl methyl sites for hydroxylation is 1. The van der Waals surface area contributed by atoms with Gasteiger partial charge >= 0.3 is 0 Å². The summed E-state index contributed by atoms with van der Waals surface area (Å²) in [6.07, 6.45) is 3.34. The number of carbonyl (C=O) groups is 2. The van der Waals surface area contributed by atoms with Crippen LogP contribution in [0.15, 0.2) is 42.5 Å². The topological polar surface area (TPSA) is 58.2 Å². The summed E-state index contributed by atoms with van der Waals surface area (Å²) in [7, 11) is 0. The second-order valence-electron chi connectivity index (χ2n) is 4.88. The first kappa shape index (κ1) is 16.0. The normalized spacial score (nSPS) is 10.6. The van der Waals surface area contributed by atoms with Crippen molar-refractivity contribution in [3.63, 3.8) is 0 Å².